The first-order chi connectivity index (χ1) is 9.65. The second-order valence-corrected chi connectivity index (χ2v) is 8.39. The van der Waals surface area contributed by atoms with Gasteiger partial charge < -0.3 is 10.2 Å². The van der Waals surface area contributed by atoms with Crippen LogP contribution in [-0.4, -0.2) is 47.0 Å². The molecule has 1 N–H and O–H groups in total. The van der Waals surface area contributed by atoms with E-state index in [9.17, 15) is 4.79 Å². The first-order valence-electron chi connectivity index (χ1n) is 8.31. The van der Waals surface area contributed by atoms with Gasteiger partial charge in [0.05, 0.1) is 6.04 Å². The Kier molecular flexibility index (Phi) is 4.61. The molecule has 0 spiro atoms. The summed E-state index contributed by atoms with van der Waals surface area (Å²) in [4.78, 5) is 14.9. The summed E-state index contributed by atoms with van der Waals surface area (Å²) in [5.74, 6) is 2.91. The number of amides is 1. The van der Waals surface area contributed by atoms with Crippen LogP contribution in [0.15, 0.2) is 0 Å². The van der Waals surface area contributed by atoms with Crippen molar-refractivity contribution in [3.63, 3.8) is 0 Å². The summed E-state index contributed by atoms with van der Waals surface area (Å²) in [7, 11) is 0. The molecule has 3 aliphatic rings. The SMILES string of the molecule is CC(C)C1CN(C(=O)C2CC3CCCCC3N2)CCS1. The Balaban J connectivity index is 1.58. The molecule has 0 radical (unpaired) electrons. The van der Waals surface area contributed by atoms with Gasteiger partial charge in [0.1, 0.15) is 0 Å². The predicted molar refractivity (Wildman–Crippen MR) is 85.0 cm³/mol. The van der Waals surface area contributed by atoms with Gasteiger partial charge >= 0.3 is 0 Å². The summed E-state index contributed by atoms with van der Waals surface area (Å²) in [6.45, 7) is 6.44. The van der Waals surface area contributed by atoms with Crippen LogP contribution in [0.5, 0.6) is 0 Å². The molecule has 114 valence electrons. The quantitative estimate of drug-likeness (QED) is 0.850. The van der Waals surface area contributed by atoms with Crippen LogP contribution in [0.2, 0.25) is 0 Å². The molecule has 0 aromatic rings. The van der Waals surface area contributed by atoms with Crippen LogP contribution in [0.4, 0.5) is 0 Å². The lowest BCUT2D eigenvalue weighted by Gasteiger charge is -2.35. The second-order valence-electron chi connectivity index (χ2n) is 7.04. The van der Waals surface area contributed by atoms with Crippen molar-refractivity contribution in [1.29, 1.82) is 0 Å². The fraction of sp³-hybridized carbons (Fsp3) is 0.938. The van der Waals surface area contributed by atoms with Crippen LogP contribution >= 0.6 is 11.8 Å². The van der Waals surface area contributed by atoms with Crippen LogP contribution in [0.1, 0.15) is 46.0 Å². The minimum Gasteiger partial charge on any atom is -0.339 e. The molecule has 4 unspecified atom stereocenters. The van der Waals surface area contributed by atoms with Gasteiger partial charge in [-0.05, 0) is 31.1 Å². The second kappa shape index (κ2) is 6.27. The molecule has 4 heteroatoms. The third kappa shape index (κ3) is 3.01. The van der Waals surface area contributed by atoms with Gasteiger partial charge in [0.25, 0.3) is 0 Å². The van der Waals surface area contributed by atoms with Crippen LogP contribution in [0.3, 0.4) is 0 Å². The monoisotopic (exact) mass is 296 g/mol. The van der Waals surface area contributed by atoms with Crippen LogP contribution in [0.25, 0.3) is 0 Å². The minimum absolute atomic E-state index is 0.110. The van der Waals surface area contributed by atoms with Crippen molar-refractivity contribution in [2.45, 2.75) is 63.3 Å². The third-order valence-electron chi connectivity index (χ3n) is 5.31. The molecule has 1 aliphatic carbocycles. The first kappa shape index (κ1) is 14.7. The van der Waals surface area contributed by atoms with Crippen molar-refractivity contribution >= 4 is 17.7 Å². The summed E-state index contributed by atoms with van der Waals surface area (Å²) in [5.41, 5.74) is 0. The summed E-state index contributed by atoms with van der Waals surface area (Å²) in [5, 5.41) is 4.26. The smallest absolute Gasteiger partial charge is 0.239 e. The van der Waals surface area contributed by atoms with E-state index < -0.39 is 0 Å². The number of fused-ring (bicyclic) bond motifs is 1. The molecule has 3 nitrogen and oxygen atoms in total. The zero-order chi connectivity index (χ0) is 14.1. The number of nitrogens with one attached hydrogen (secondary N) is 1. The van der Waals surface area contributed by atoms with E-state index in [4.69, 9.17) is 0 Å². The molecule has 0 aromatic carbocycles. The van der Waals surface area contributed by atoms with Crippen molar-refractivity contribution in [2.75, 3.05) is 18.8 Å². The Hall–Kier alpha value is -0.220. The highest BCUT2D eigenvalue weighted by Crippen LogP contribution is 2.34. The van der Waals surface area contributed by atoms with Crippen molar-refractivity contribution < 1.29 is 4.79 Å². The molecular weight excluding hydrogens is 268 g/mol. The maximum absolute atomic E-state index is 12.8. The van der Waals surface area contributed by atoms with Gasteiger partial charge in [0.15, 0.2) is 0 Å². The third-order valence-corrected chi connectivity index (χ3v) is 6.85. The molecule has 1 saturated carbocycles. The lowest BCUT2D eigenvalue weighted by atomic mass is 9.85. The Bertz CT molecular complexity index is 342. The highest BCUT2D eigenvalue weighted by Gasteiger charge is 2.40. The van der Waals surface area contributed by atoms with Gasteiger partial charge in [-0.15, -0.1) is 0 Å². The molecular formula is C16H28N2OS. The average Bonchev–Trinajstić information content (AvgIpc) is 2.90. The van der Waals surface area contributed by atoms with Crippen molar-refractivity contribution in [3.05, 3.63) is 0 Å². The lowest BCUT2D eigenvalue weighted by molar-refractivity contribution is -0.133. The Morgan fingerprint density at radius 3 is 2.85 bits per heavy atom. The normalized spacial score (nSPS) is 38.0. The van der Waals surface area contributed by atoms with Crippen molar-refractivity contribution in [1.82, 2.24) is 10.2 Å². The number of rotatable bonds is 2. The van der Waals surface area contributed by atoms with Crippen LogP contribution in [-0.2, 0) is 4.79 Å². The number of nitrogens with zero attached hydrogens (tertiary/aromatic N) is 1. The van der Waals surface area contributed by atoms with E-state index in [1.54, 1.807) is 0 Å². The average molecular weight is 296 g/mol. The van der Waals surface area contributed by atoms with E-state index in [1.165, 1.54) is 25.7 Å². The highest BCUT2D eigenvalue weighted by atomic mass is 32.2. The summed E-state index contributed by atoms with van der Waals surface area (Å²) < 4.78 is 0. The van der Waals surface area contributed by atoms with E-state index in [0.717, 1.165) is 31.2 Å². The Morgan fingerprint density at radius 2 is 2.10 bits per heavy atom. The molecule has 2 saturated heterocycles. The van der Waals surface area contributed by atoms with E-state index in [2.05, 4.69) is 24.1 Å². The fourth-order valence-corrected chi connectivity index (χ4v) is 5.31. The van der Waals surface area contributed by atoms with Gasteiger partial charge in [-0.1, -0.05) is 26.7 Å². The molecule has 0 aromatic heterocycles. The summed E-state index contributed by atoms with van der Waals surface area (Å²) >= 11 is 2.04. The molecule has 3 rings (SSSR count). The summed E-state index contributed by atoms with van der Waals surface area (Å²) in [6, 6.07) is 0.733. The van der Waals surface area contributed by atoms with Crippen LogP contribution < -0.4 is 5.32 Å². The molecule has 1 amide bonds. The van der Waals surface area contributed by atoms with E-state index in [1.807, 2.05) is 11.8 Å². The zero-order valence-corrected chi connectivity index (χ0v) is 13.6. The number of carbonyl (C=O) groups excluding carboxylic acids is 1. The standard InChI is InChI=1S/C16H28N2OS/c1-11(2)15-10-18(7-8-20-15)16(19)14-9-12-5-3-4-6-13(12)17-14/h11-15,17H,3-10H2,1-2H3. The predicted octanol–water partition coefficient (Wildman–Crippen LogP) is 2.51. The van der Waals surface area contributed by atoms with Crippen LogP contribution in [0, 0.1) is 11.8 Å². The topological polar surface area (TPSA) is 32.3 Å². The Labute approximate surface area is 127 Å². The largest absolute Gasteiger partial charge is 0.339 e. The molecule has 20 heavy (non-hydrogen) atoms. The van der Waals surface area contributed by atoms with Crippen molar-refractivity contribution in [3.8, 4) is 0 Å². The zero-order valence-electron chi connectivity index (χ0n) is 12.8. The molecule has 3 fully saturated rings. The van der Waals surface area contributed by atoms with Gasteiger partial charge in [0, 0.05) is 30.1 Å². The van der Waals surface area contributed by atoms with E-state index >= 15 is 0 Å². The maximum atomic E-state index is 12.8. The molecule has 2 heterocycles. The number of hydrogen-bond donors (Lipinski definition) is 1. The summed E-state index contributed by atoms with van der Waals surface area (Å²) in [6.07, 6.45) is 6.38. The van der Waals surface area contributed by atoms with Gasteiger partial charge in [0.2, 0.25) is 5.91 Å². The number of thioether (sulfide) groups is 1. The molecule has 4 atom stereocenters. The van der Waals surface area contributed by atoms with Gasteiger partial charge in [-0.3, -0.25) is 4.79 Å². The minimum atomic E-state index is 0.110. The first-order valence-corrected chi connectivity index (χ1v) is 9.36. The van der Waals surface area contributed by atoms with Gasteiger partial charge in [-0.2, -0.15) is 11.8 Å². The molecule has 2 aliphatic heterocycles. The lowest BCUT2D eigenvalue weighted by Crippen LogP contribution is -2.50. The molecule has 0 bridgehead atoms. The van der Waals surface area contributed by atoms with E-state index in [0.29, 0.717) is 23.1 Å². The highest BCUT2D eigenvalue weighted by molar-refractivity contribution is 8.00. The number of hydrogen-bond acceptors (Lipinski definition) is 3. The Morgan fingerprint density at radius 1 is 1.30 bits per heavy atom. The van der Waals surface area contributed by atoms with Gasteiger partial charge in [-0.25, -0.2) is 0 Å². The maximum Gasteiger partial charge on any atom is 0.239 e. The van der Waals surface area contributed by atoms with Crippen molar-refractivity contribution in [2.24, 2.45) is 11.8 Å². The number of carbonyl (C=O) groups is 1. The fourth-order valence-electron chi connectivity index (χ4n) is 4.01. The van der Waals surface area contributed by atoms with E-state index in [-0.39, 0.29) is 6.04 Å².